The van der Waals surface area contributed by atoms with E-state index >= 15 is 0 Å². The van der Waals surface area contributed by atoms with E-state index in [1.54, 1.807) is 6.92 Å². The molecule has 2 rings (SSSR count). The van der Waals surface area contributed by atoms with Crippen molar-refractivity contribution >= 4 is 23.0 Å². The Balaban J connectivity index is 2.45. The van der Waals surface area contributed by atoms with Gasteiger partial charge < -0.3 is 10.5 Å². The van der Waals surface area contributed by atoms with Crippen LogP contribution in [0.1, 0.15) is 24.5 Å². The van der Waals surface area contributed by atoms with E-state index in [0.29, 0.717) is 17.2 Å². The standard InChI is InChI=1S/C15H17NO2S/c1-4-12(17)18-15-14(16)11(8-19-15)13-9(2)6-5-7-10(13)3/h5-8H,4,16H2,1-3H3. The van der Waals surface area contributed by atoms with Gasteiger partial charge in [-0.2, -0.15) is 0 Å². The van der Waals surface area contributed by atoms with Crippen LogP contribution in [0.4, 0.5) is 5.69 Å². The van der Waals surface area contributed by atoms with Crippen molar-refractivity contribution in [3.8, 4) is 16.2 Å². The molecular formula is C15H17NO2S. The number of thiophene rings is 1. The molecule has 0 spiro atoms. The highest BCUT2D eigenvalue weighted by molar-refractivity contribution is 7.13. The van der Waals surface area contributed by atoms with Gasteiger partial charge >= 0.3 is 5.97 Å². The summed E-state index contributed by atoms with van der Waals surface area (Å²) in [6.07, 6.45) is 0.343. The summed E-state index contributed by atoms with van der Waals surface area (Å²) in [6.45, 7) is 5.87. The molecule has 0 unspecified atom stereocenters. The summed E-state index contributed by atoms with van der Waals surface area (Å²) in [6, 6.07) is 6.13. The van der Waals surface area contributed by atoms with Crippen molar-refractivity contribution in [3.63, 3.8) is 0 Å². The maximum atomic E-state index is 11.3. The van der Waals surface area contributed by atoms with Crippen molar-refractivity contribution in [2.24, 2.45) is 0 Å². The largest absolute Gasteiger partial charge is 0.413 e. The predicted molar refractivity (Wildman–Crippen MR) is 79.6 cm³/mol. The highest BCUT2D eigenvalue weighted by atomic mass is 32.1. The fourth-order valence-corrected chi connectivity index (χ4v) is 2.88. The molecule has 4 heteroatoms. The lowest BCUT2D eigenvalue weighted by Crippen LogP contribution is -2.05. The van der Waals surface area contributed by atoms with Crippen LogP contribution in [0.15, 0.2) is 23.6 Å². The normalized spacial score (nSPS) is 10.5. The summed E-state index contributed by atoms with van der Waals surface area (Å²) >= 11 is 1.36. The van der Waals surface area contributed by atoms with Gasteiger partial charge in [-0.05, 0) is 30.5 Å². The zero-order valence-corrected chi connectivity index (χ0v) is 12.1. The Morgan fingerprint density at radius 3 is 2.53 bits per heavy atom. The zero-order chi connectivity index (χ0) is 14.0. The van der Waals surface area contributed by atoms with Gasteiger partial charge in [0.1, 0.15) is 0 Å². The summed E-state index contributed by atoms with van der Waals surface area (Å²) in [4.78, 5) is 11.3. The highest BCUT2D eigenvalue weighted by Gasteiger charge is 2.16. The number of nitrogens with two attached hydrogens (primary N) is 1. The van der Waals surface area contributed by atoms with Crippen LogP contribution in [0.3, 0.4) is 0 Å². The lowest BCUT2D eigenvalue weighted by atomic mass is 9.97. The quantitative estimate of drug-likeness (QED) is 0.863. The van der Waals surface area contributed by atoms with Crippen LogP contribution in [0.25, 0.3) is 11.1 Å². The number of ether oxygens (including phenoxy) is 1. The molecule has 100 valence electrons. The Labute approximate surface area is 117 Å². The highest BCUT2D eigenvalue weighted by Crippen LogP contribution is 2.42. The first-order chi connectivity index (χ1) is 9.04. The van der Waals surface area contributed by atoms with Gasteiger partial charge in [-0.3, -0.25) is 4.79 Å². The van der Waals surface area contributed by atoms with Crippen molar-refractivity contribution in [2.75, 3.05) is 5.73 Å². The first kappa shape index (κ1) is 13.6. The Kier molecular flexibility index (Phi) is 3.90. The molecule has 0 aliphatic heterocycles. The SMILES string of the molecule is CCC(=O)Oc1scc(-c2c(C)cccc2C)c1N. The number of esters is 1. The van der Waals surface area contributed by atoms with E-state index in [9.17, 15) is 4.79 Å². The van der Waals surface area contributed by atoms with Crippen LogP contribution in [0.2, 0.25) is 0 Å². The maximum Gasteiger partial charge on any atom is 0.311 e. The van der Waals surface area contributed by atoms with E-state index in [1.165, 1.54) is 11.3 Å². The van der Waals surface area contributed by atoms with E-state index in [4.69, 9.17) is 10.5 Å². The van der Waals surface area contributed by atoms with Gasteiger partial charge in [-0.25, -0.2) is 0 Å². The van der Waals surface area contributed by atoms with Crippen molar-refractivity contribution in [1.82, 2.24) is 0 Å². The van der Waals surface area contributed by atoms with E-state index in [0.717, 1.165) is 22.3 Å². The Morgan fingerprint density at radius 2 is 1.95 bits per heavy atom. The summed E-state index contributed by atoms with van der Waals surface area (Å²) in [5, 5.41) is 2.44. The van der Waals surface area contributed by atoms with Crippen LogP contribution >= 0.6 is 11.3 Å². The van der Waals surface area contributed by atoms with E-state index in [2.05, 4.69) is 26.0 Å². The molecule has 2 N–H and O–H groups in total. The number of benzene rings is 1. The van der Waals surface area contributed by atoms with E-state index in [1.807, 2.05) is 11.4 Å². The number of hydrogen-bond acceptors (Lipinski definition) is 4. The lowest BCUT2D eigenvalue weighted by molar-refractivity contribution is -0.133. The minimum atomic E-state index is -0.262. The zero-order valence-electron chi connectivity index (χ0n) is 11.3. The molecule has 3 nitrogen and oxygen atoms in total. The van der Waals surface area contributed by atoms with Crippen LogP contribution in [-0.2, 0) is 4.79 Å². The summed E-state index contributed by atoms with van der Waals surface area (Å²) in [7, 11) is 0. The molecule has 19 heavy (non-hydrogen) atoms. The topological polar surface area (TPSA) is 52.3 Å². The van der Waals surface area contributed by atoms with Gasteiger partial charge in [-0.15, -0.1) is 11.3 Å². The number of carbonyl (C=O) groups excluding carboxylic acids is 1. The predicted octanol–water partition coefficient (Wildman–Crippen LogP) is 3.93. The molecule has 0 saturated heterocycles. The van der Waals surface area contributed by atoms with Crippen LogP contribution in [0, 0.1) is 13.8 Å². The monoisotopic (exact) mass is 275 g/mol. The van der Waals surface area contributed by atoms with Gasteiger partial charge in [0.15, 0.2) is 0 Å². The third-order valence-corrected chi connectivity index (χ3v) is 3.91. The minimum Gasteiger partial charge on any atom is -0.413 e. The second-order valence-electron chi connectivity index (χ2n) is 4.44. The molecule has 0 aliphatic rings. The van der Waals surface area contributed by atoms with Crippen LogP contribution < -0.4 is 10.5 Å². The second kappa shape index (κ2) is 5.45. The van der Waals surface area contributed by atoms with Gasteiger partial charge in [-0.1, -0.05) is 25.1 Å². The molecule has 0 aliphatic carbocycles. The van der Waals surface area contributed by atoms with Crippen molar-refractivity contribution < 1.29 is 9.53 Å². The lowest BCUT2D eigenvalue weighted by Gasteiger charge is -2.09. The summed E-state index contributed by atoms with van der Waals surface area (Å²) in [5.74, 6) is -0.262. The van der Waals surface area contributed by atoms with Crippen molar-refractivity contribution in [1.29, 1.82) is 0 Å². The Hall–Kier alpha value is -1.81. The van der Waals surface area contributed by atoms with Crippen LogP contribution in [0.5, 0.6) is 5.06 Å². The average Bonchev–Trinajstić information content (AvgIpc) is 2.71. The molecule has 0 radical (unpaired) electrons. The molecule has 0 saturated carbocycles. The first-order valence-corrected chi connectivity index (χ1v) is 7.06. The molecule has 1 heterocycles. The average molecular weight is 275 g/mol. The smallest absolute Gasteiger partial charge is 0.311 e. The Morgan fingerprint density at radius 1 is 1.32 bits per heavy atom. The molecule has 1 aromatic heterocycles. The summed E-state index contributed by atoms with van der Waals surface area (Å²) in [5.41, 5.74) is 11.0. The number of hydrogen-bond donors (Lipinski definition) is 1. The molecular weight excluding hydrogens is 258 g/mol. The van der Waals surface area contributed by atoms with Crippen molar-refractivity contribution in [3.05, 3.63) is 34.7 Å². The molecule has 0 amide bonds. The fraction of sp³-hybridized carbons (Fsp3) is 0.267. The fourth-order valence-electron chi connectivity index (χ4n) is 2.04. The van der Waals surface area contributed by atoms with Gasteiger partial charge in [0.05, 0.1) is 5.69 Å². The first-order valence-electron chi connectivity index (χ1n) is 6.18. The summed E-state index contributed by atoms with van der Waals surface area (Å²) < 4.78 is 5.23. The van der Waals surface area contributed by atoms with Crippen molar-refractivity contribution in [2.45, 2.75) is 27.2 Å². The molecule has 0 bridgehead atoms. The molecule has 0 fully saturated rings. The number of anilines is 1. The minimum absolute atomic E-state index is 0.262. The Bertz CT molecular complexity index is 596. The third-order valence-electron chi connectivity index (χ3n) is 3.04. The van der Waals surface area contributed by atoms with Crippen LogP contribution in [-0.4, -0.2) is 5.97 Å². The van der Waals surface area contributed by atoms with Gasteiger partial charge in [0, 0.05) is 17.4 Å². The number of carbonyl (C=O) groups is 1. The number of rotatable bonds is 3. The number of aryl methyl sites for hydroxylation is 2. The van der Waals surface area contributed by atoms with Gasteiger partial charge in [0.25, 0.3) is 0 Å². The molecule has 2 aromatic rings. The third kappa shape index (κ3) is 2.63. The van der Waals surface area contributed by atoms with Gasteiger partial charge in [0.2, 0.25) is 5.06 Å². The maximum absolute atomic E-state index is 11.3. The van der Waals surface area contributed by atoms with E-state index in [-0.39, 0.29) is 5.97 Å². The second-order valence-corrected chi connectivity index (χ2v) is 5.29. The molecule has 0 atom stereocenters. The van der Waals surface area contributed by atoms with E-state index < -0.39 is 0 Å². The molecule has 1 aromatic carbocycles. The number of nitrogen functional groups attached to an aromatic ring is 1.